The Morgan fingerprint density at radius 3 is 2.94 bits per heavy atom. The van der Waals surface area contributed by atoms with Gasteiger partial charge in [0.05, 0.1) is 18.6 Å². The molecule has 0 aromatic rings. The van der Waals surface area contributed by atoms with Gasteiger partial charge >= 0.3 is 0 Å². The van der Waals surface area contributed by atoms with Crippen molar-refractivity contribution >= 4 is 11.9 Å². The predicted molar refractivity (Wildman–Crippen MR) is 53.5 cm³/mol. The molecule has 1 amide bonds. The number of carboxylic acids is 1. The molecule has 3 fully saturated rings. The van der Waals surface area contributed by atoms with Crippen molar-refractivity contribution in [2.45, 2.75) is 30.6 Å². The zero-order valence-electron chi connectivity index (χ0n) is 9.17. The Labute approximate surface area is 98.0 Å². The molecule has 0 N–H and O–H groups in total. The van der Waals surface area contributed by atoms with Crippen LogP contribution in [0.25, 0.3) is 0 Å². The summed E-state index contributed by atoms with van der Waals surface area (Å²) >= 11 is 0. The first-order valence-electron chi connectivity index (χ1n) is 6.01. The summed E-state index contributed by atoms with van der Waals surface area (Å²) in [5.74, 6) is -2.61. The molecule has 0 radical (unpaired) electrons. The van der Waals surface area contributed by atoms with Crippen LogP contribution in [0.2, 0.25) is 0 Å². The van der Waals surface area contributed by atoms with E-state index >= 15 is 0 Å². The average molecular weight is 234 g/mol. The molecule has 4 rings (SSSR count). The molecule has 2 saturated heterocycles. The summed E-state index contributed by atoms with van der Waals surface area (Å²) in [6.45, 7) is 0.512. The number of likely N-dealkylation sites (tertiary alicyclic amines) is 1. The maximum Gasteiger partial charge on any atom is 0.230 e. The highest BCUT2D eigenvalue weighted by Gasteiger charge is 2.66. The summed E-state index contributed by atoms with van der Waals surface area (Å²) in [5.41, 5.74) is -0.685. The number of carbonyl (C=O) groups is 2. The zero-order chi connectivity index (χ0) is 11.8. The van der Waals surface area contributed by atoms with Crippen LogP contribution in [0.3, 0.4) is 0 Å². The maximum absolute atomic E-state index is 12.3. The lowest BCUT2D eigenvalue weighted by Crippen LogP contribution is -2.45. The van der Waals surface area contributed by atoms with Gasteiger partial charge in [0, 0.05) is 17.9 Å². The molecule has 3 heterocycles. The van der Waals surface area contributed by atoms with E-state index in [-0.39, 0.29) is 5.91 Å². The summed E-state index contributed by atoms with van der Waals surface area (Å²) < 4.78 is 5.74. The number of nitrogens with zero attached hydrogens (tertiary/aromatic N) is 1. The lowest BCUT2D eigenvalue weighted by Gasteiger charge is -2.24. The Morgan fingerprint density at radius 2 is 2.29 bits per heavy atom. The highest BCUT2D eigenvalue weighted by molar-refractivity contribution is 5.90. The normalized spacial score (nSPS) is 46.7. The van der Waals surface area contributed by atoms with Gasteiger partial charge in [0.15, 0.2) is 0 Å². The van der Waals surface area contributed by atoms with Gasteiger partial charge in [-0.2, -0.15) is 0 Å². The zero-order valence-corrected chi connectivity index (χ0v) is 9.17. The number of carbonyl (C=O) groups excluding carboxylic acids is 2. The van der Waals surface area contributed by atoms with E-state index in [1.165, 1.54) is 0 Å². The number of hydrogen-bond donors (Lipinski definition) is 0. The molecule has 0 unspecified atom stereocenters. The molecule has 0 aromatic heterocycles. The third kappa shape index (κ3) is 1.03. The number of fused-ring (bicyclic) bond motifs is 1. The summed E-state index contributed by atoms with van der Waals surface area (Å²) in [6.07, 6.45) is 5.22. The van der Waals surface area contributed by atoms with E-state index < -0.39 is 29.5 Å². The average Bonchev–Trinajstić information content (AvgIpc) is 2.89. The number of amides is 1. The Bertz CT molecular complexity index is 455. The van der Waals surface area contributed by atoms with Crippen molar-refractivity contribution in [3.05, 3.63) is 12.2 Å². The van der Waals surface area contributed by atoms with Crippen LogP contribution in [0.5, 0.6) is 0 Å². The van der Waals surface area contributed by atoms with Crippen LogP contribution >= 0.6 is 0 Å². The Balaban J connectivity index is 1.76. The molecule has 17 heavy (non-hydrogen) atoms. The molecule has 1 saturated carbocycles. The van der Waals surface area contributed by atoms with Crippen LogP contribution in [-0.4, -0.2) is 41.1 Å². The summed E-state index contributed by atoms with van der Waals surface area (Å²) in [4.78, 5) is 25.3. The number of ether oxygens (including phenoxy) is 1. The fourth-order valence-corrected chi connectivity index (χ4v) is 3.49. The molecule has 4 atom stereocenters. The highest BCUT2D eigenvalue weighted by atomic mass is 16.5. The molecule has 2 bridgehead atoms. The number of carboxylic acid groups (broad SMARTS) is 1. The molecule has 1 spiro atoms. The van der Waals surface area contributed by atoms with E-state index in [0.29, 0.717) is 12.6 Å². The number of aliphatic carboxylic acids is 1. The predicted octanol–water partition coefficient (Wildman–Crippen LogP) is -1.32. The van der Waals surface area contributed by atoms with Crippen molar-refractivity contribution in [3.8, 4) is 0 Å². The Hall–Kier alpha value is -1.36. The Morgan fingerprint density at radius 1 is 1.53 bits per heavy atom. The second-order valence-electron chi connectivity index (χ2n) is 5.42. The quantitative estimate of drug-likeness (QED) is 0.556. The molecular weight excluding hydrogens is 222 g/mol. The fraction of sp³-hybridized carbons (Fsp3) is 0.667. The highest BCUT2D eigenvalue weighted by Crippen LogP contribution is 2.53. The third-order valence-corrected chi connectivity index (χ3v) is 4.39. The van der Waals surface area contributed by atoms with Gasteiger partial charge in [0.1, 0.15) is 5.60 Å². The topological polar surface area (TPSA) is 69.7 Å². The van der Waals surface area contributed by atoms with E-state index in [4.69, 9.17) is 4.74 Å². The number of rotatable bonds is 2. The van der Waals surface area contributed by atoms with Gasteiger partial charge < -0.3 is 19.5 Å². The smallest absolute Gasteiger partial charge is 0.230 e. The van der Waals surface area contributed by atoms with E-state index in [2.05, 4.69) is 0 Å². The Kier molecular flexibility index (Phi) is 1.54. The van der Waals surface area contributed by atoms with E-state index in [9.17, 15) is 14.7 Å². The summed E-state index contributed by atoms with van der Waals surface area (Å²) in [5, 5.41) is 11.2. The molecule has 1 aliphatic carbocycles. The number of hydrogen-bond acceptors (Lipinski definition) is 4. The standard InChI is InChI=1S/C12H13NO4/c14-10-9-8(11(15)16)7-3-4-12(9,17-7)5-13(10)6-1-2-6/h3-4,6-9H,1-2,5H2,(H,15,16)/p-1/t7-,8+,9-,12+/m0/s1. The minimum atomic E-state index is -1.17. The lowest BCUT2D eigenvalue weighted by molar-refractivity contribution is -0.313. The largest absolute Gasteiger partial charge is 0.550 e. The van der Waals surface area contributed by atoms with Crippen LogP contribution in [0.1, 0.15) is 12.8 Å². The van der Waals surface area contributed by atoms with Gasteiger partial charge in [-0.15, -0.1) is 0 Å². The second kappa shape index (κ2) is 2.72. The van der Waals surface area contributed by atoms with Crippen LogP contribution in [0.15, 0.2) is 12.2 Å². The summed E-state index contributed by atoms with van der Waals surface area (Å²) in [6, 6.07) is 0.306. The van der Waals surface area contributed by atoms with Gasteiger partial charge in [-0.3, -0.25) is 4.79 Å². The van der Waals surface area contributed by atoms with Crippen LogP contribution in [0.4, 0.5) is 0 Å². The van der Waals surface area contributed by atoms with Crippen molar-refractivity contribution < 1.29 is 19.4 Å². The van der Waals surface area contributed by atoms with Crippen molar-refractivity contribution in [2.24, 2.45) is 11.8 Å². The van der Waals surface area contributed by atoms with Crippen LogP contribution < -0.4 is 5.11 Å². The van der Waals surface area contributed by atoms with Crippen molar-refractivity contribution in [1.82, 2.24) is 4.90 Å². The minimum absolute atomic E-state index is 0.0615. The molecule has 5 nitrogen and oxygen atoms in total. The fourth-order valence-electron chi connectivity index (χ4n) is 3.49. The molecule has 90 valence electrons. The minimum Gasteiger partial charge on any atom is -0.550 e. The first-order valence-corrected chi connectivity index (χ1v) is 6.01. The first-order chi connectivity index (χ1) is 8.12. The lowest BCUT2D eigenvalue weighted by atomic mass is 9.77. The van der Waals surface area contributed by atoms with Crippen LogP contribution in [-0.2, 0) is 14.3 Å². The monoisotopic (exact) mass is 234 g/mol. The SMILES string of the molecule is O=C([O-])[C@@H]1[C@@H]2C=C[C@]3(CN(C4CC4)C(=O)[C@H]13)O2. The van der Waals surface area contributed by atoms with Crippen molar-refractivity contribution in [1.29, 1.82) is 0 Å². The van der Waals surface area contributed by atoms with Gasteiger partial charge in [-0.25, -0.2) is 0 Å². The van der Waals surface area contributed by atoms with Gasteiger partial charge in [0.2, 0.25) is 5.91 Å². The van der Waals surface area contributed by atoms with Gasteiger partial charge in [0.25, 0.3) is 0 Å². The molecule has 5 heteroatoms. The summed E-state index contributed by atoms with van der Waals surface area (Å²) in [7, 11) is 0. The molecule has 0 aromatic carbocycles. The van der Waals surface area contributed by atoms with Gasteiger partial charge in [-0.1, -0.05) is 12.2 Å². The van der Waals surface area contributed by atoms with E-state index in [1.807, 2.05) is 6.08 Å². The third-order valence-electron chi connectivity index (χ3n) is 4.39. The van der Waals surface area contributed by atoms with E-state index in [1.54, 1.807) is 11.0 Å². The first kappa shape index (κ1) is 9.65. The van der Waals surface area contributed by atoms with E-state index in [0.717, 1.165) is 12.8 Å². The van der Waals surface area contributed by atoms with Gasteiger partial charge in [-0.05, 0) is 12.8 Å². The molecule has 3 aliphatic heterocycles. The van der Waals surface area contributed by atoms with Crippen LogP contribution in [0, 0.1) is 11.8 Å². The second-order valence-corrected chi connectivity index (χ2v) is 5.42. The van der Waals surface area contributed by atoms with Crippen molar-refractivity contribution in [3.63, 3.8) is 0 Å². The molecular formula is C12H12NO4-. The maximum atomic E-state index is 12.3. The van der Waals surface area contributed by atoms with Crippen molar-refractivity contribution in [2.75, 3.05) is 6.54 Å². The molecule has 4 aliphatic rings.